The van der Waals surface area contributed by atoms with Gasteiger partial charge in [0.25, 0.3) is 0 Å². The van der Waals surface area contributed by atoms with Gasteiger partial charge in [0.1, 0.15) is 13.2 Å². The molecule has 2 aliphatic rings. The Balaban J connectivity index is 1.21. The molecule has 2 amide bonds. The number of phenolic OH excluding ortho intramolecular Hbond substituents is 2. The molecule has 2 aliphatic heterocycles. The number of carbonyl (C=O) groups excluding carboxylic acids is 2. The van der Waals surface area contributed by atoms with Gasteiger partial charge in [0, 0.05) is 37.3 Å². The van der Waals surface area contributed by atoms with Crippen molar-refractivity contribution in [2.45, 2.75) is 52.0 Å². The van der Waals surface area contributed by atoms with E-state index in [1.165, 1.54) is 14.2 Å². The van der Waals surface area contributed by atoms with Gasteiger partial charge >= 0.3 is 12.2 Å². The fourth-order valence-electron chi connectivity index (χ4n) is 6.68. The Morgan fingerprint density at radius 2 is 1.08 bits per heavy atom. The number of amides is 2. The van der Waals surface area contributed by atoms with Crippen molar-refractivity contribution >= 4 is 12.2 Å². The minimum absolute atomic E-state index is 0.0175. The van der Waals surface area contributed by atoms with Gasteiger partial charge < -0.3 is 39.0 Å². The van der Waals surface area contributed by atoms with Gasteiger partial charge in [0.05, 0.1) is 14.2 Å². The number of hydrogen-bond donors (Lipinski definition) is 2. The number of methoxy groups -OCH3 is 2. The molecule has 0 atom stereocenters. The molecule has 0 spiro atoms. The summed E-state index contributed by atoms with van der Waals surface area (Å²) >= 11 is 0. The first kappa shape index (κ1) is 34.2. The number of carbonyl (C=O) groups is 2. The van der Waals surface area contributed by atoms with Gasteiger partial charge in [-0.05, 0) is 71.2 Å². The Morgan fingerprint density at radius 1 is 0.680 bits per heavy atom. The molecule has 4 aromatic carbocycles. The lowest BCUT2D eigenvalue weighted by Crippen LogP contribution is -2.37. The monoisotopic (exact) mass is 678 g/mol. The van der Waals surface area contributed by atoms with Crippen LogP contribution in [0.1, 0.15) is 44.5 Å². The Kier molecular flexibility index (Phi) is 10.5. The number of ether oxygens (including phenoxy) is 4. The standard InChI is InChI=1S/C40H42N2O8/c1-26(18-31-33-22-41(16-14-29(33)20-35(47-2)37(31)43)39(45)49-24-27-10-6-4-7-11-27)19-32-34-23-42(17-15-30(34)21-36(48-3)38(32)44)40(46)50-25-28-12-8-5-9-13-28/h4-13,20-21,43-44H,1,14-19,22-25H2,2-3H3. The van der Waals surface area contributed by atoms with Crippen LogP contribution in [0.4, 0.5) is 9.59 Å². The largest absolute Gasteiger partial charge is 0.504 e. The van der Waals surface area contributed by atoms with Gasteiger partial charge in [-0.3, -0.25) is 0 Å². The van der Waals surface area contributed by atoms with E-state index in [-0.39, 0.29) is 50.6 Å². The second kappa shape index (κ2) is 15.3. The van der Waals surface area contributed by atoms with E-state index in [9.17, 15) is 19.8 Å². The topological polar surface area (TPSA) is 118 Å². The van der Waals surface area contributed by atoms with Crippen molar-refractivity contribution in [2.75, 3.05) is 27.3 Å². The number of nitrogens with zero attached hydrogens (tertiary/aromatic N) is 2. The zero-order chi connectivity index (χ0) is 35.2. The number of benzene rings is 4. The molecule has 4 aromatic rings. The molecule has 0 saturated heterocycles. The first-order chi connectivity index (χ1) is 24.2. The van der Waals surface area contributed by atoms with Crippen LogP contribution < -0.4 is 9.47 Å². The minimum Gasteiger partial charge on any atom is -0.504 e. The predicted molar refractivity (Wildman–Crippen MR) is 187 cm³/mol. The van der Waals surface area contributed by atoms with Crippen molar-refractivity contribution in [3.63, 3.8) is 0 Å². The molecule has 2 heterocycles. The normalized spacial score (nSPS) is 13.6. The van der Waals surface area contributed by atoms with E-state index in [2.05, 4.69) is 6.58 Å². The van der Waals surface area contributed by atoms with Gasteiger partial charge in [-0.2, -0.15) is 0 Å². The predicted octanol–water partition coefficient (Wildman–Crippen LogP) is 6.85. The number of fused-ring (bicyclic) bond motifs is 2. The van der Waals surface area contributed by atoms with Crippen molar-refractivity contribution in [1.29, 1.82) is 0 Å². The average Bonchev–Trinajstić information content (AvgIpc) is 3.15. The molecule has 50 heavy (non-hydrogen) atoms. The molecule has 0 radical (unpaired) electrons. The third-order valence-corrected chi connectivity index (χ3v) is 9.37. The smallest absolute Gasteiger partial charge is 0.410 e. The summed E-state index contributed by atoms with van der Waals surface area (Å²) < 4.78 is 22.3. The highest BCUT2D eigenvalue weighted by Gasteiger charge is 2.30. The lowest BCUT2D eigenvalue weighted by Gasteiger charge is -2.31. The molecule has 2 N–H and O–H groups in total. The van der Waals surface area contributed by atoms with E-state index >= 15 is 0 Å². The maximum Gasteiger partial charge on any atom is 0.410 e. The number of allylic oxidation sites excluding steroid dienone is 1. The van der Waals surface area contributed by atoms with Crippen molar-refractivity contribution in [3.8, 4) is 23.0 Å². The Hall–Kier alpha value is -5.64. The van der Waals surface area contributed by atoms with Gasteiger partial charge in [-0.1, -0.05) is 72.8 Å². The quantitative estimate of drug-likeness (QED) is 0.175. The fourth-order valence-corrected chi connectivity index (χ4v) is 6.68. The minimum atomic E-state index is -0.431. The highest BCUT2D eigenvalue weighted by molar-refractivity contribution is 5.70. The van der Waals surface area contributed by atoms with Crippen molar-refractivity contribution in [2.24, 2.45) is 0 Å². The highest BCUT2D eigenvalue weighted by atomic mass is 16.6. The summed E-state index contributed by atoms with van der Waals surface area (Å²) in [6.45, 7) is 6.11. The molecule has 6 rings (SSSR count). The van der Waals surface area contributed by atoms with Crippen LogP contribution >= 0.6 is 0 Å². The second-order valence-electron chi connectivity index (χ2n) is 12.6. The summed E-state index contributed by atoms with van der Waals surface area (Å²) in [6, 6.07) is 22.7. The third kappa shape index (κ3) is 7.49. The molecular weight excluding hydrogens is 636 g/mol. The maximum absolute atomic E-state index is 13.1. The van der Waals surface area contributed by atoms with E-state index < -0.39 is 12.2 Å². The number of aromatic hydroxyl groups is 2. The molecular formula is C40H42N2O8. The molecule has 0 saturated carbocycles. The lowest BCUT2D eigenvalue weighted by atomic mass is 9.86. The third-order valence-electron chi connectivity index (χ3n) is 9.37. The SMILES string of the molecule is C=C(Cc1c(O)c(OC)cc2c1CN(C(=O)OCc1ccccc1)CC2)Cc1c(O)c(OC)cc2c1CN(C(=O)OCc1ccccc1)CC2. The second-order valence-corrected chi connectivity index (χ2v) is 12.6. The van der Waals surface area contributed by atoms with E-state index in [4.69, 9.17) is 18.9 Å². The molecule has 10 nitrogen and oxygen atoms in total. The van der Waals surface area contributed by atoms with E-state index in [1.54, 1.807) is 9.80 Å². The highest BCUT2D eigenvalue weighted by Crippen LogP contribution is 2.42. The van der Waals surface area contributed by atoms with Gasteiger partial charge in [0.2, 0.25) is 0 Å². The number of phenols is 2. The molecule has 0 unspecified atom stereocenters. The van der Waals surface area contributed by atoms with Crippen LogP contribution in [0.5, 0.6) is 23.0 Å². The van der Waals surface area contributed by atoms with Crippen LogP contribution in [0.25, 0.3) is 0 Å². The lowest BCUT2D eigenvalue weighted by molar-refractivity contribution is 0.0911. The summed E-state index contributed by atoms with van der Waals surface area (Å²) in [7, 11) is 3.01. The Morgan fingerprint density at radius 3 is 1.46 bits per heavy atom. The van der Waals surface area contributed by atoms with E-state index in [0.29, 0.717) is 54.1 Å². The molecule has 10 heteroatoms. The molecule has 0 bridgehead atoms. The number of rotatable bonds is 10. The summed E-state index contributed by atoms with van der Waals surface area (Å²) in [5, 5.41) is 22.7. The van der Waals surface area contributed by atoms with E-state index in [1.807, 2.05) is 72.8 Å². The van der Waals surface area contributed by atoms with Crippen molar-refractivity contribution < 1.29 is 38.7 Å². The van der Waals surface area contributed by atoms with Crippen LogP contribution in [0, 0.1) is 0 Å². The summed E-state index contributed by atoms with van der Waals surface area (Å²) in [5.74, 6) is 0.656. The summed E-state index contributed by atoms with van der Waals surface area (Å²) in [4.78, 5) is 29.5. The zero-order valence-electron chi connectivity index (χ0n) is 28.4. The van der Waals surface area contributed by atoms with Gasteiger partial charge in [-0.15, -0.1) is 0 Å². The van der Waals surface area contributed by atoms with Crippen molar-refractivity contribution in [3.05, 3.63) is 129 Å². The molecule has 0 aromatic heterocycles. The van der Waals surface area contributed by atoms with Crippen LogP contribution in [-0.4, -0.2) is 59.5 Å². The maximum atomic E-state index is 13.1. The van der Waals surface area contributed by atoms with Gasteiger partial charge in [0.15, 0.2) is 23.0 Å². The van der Waals surface area contributed by atoms with Gasteiger partial charge in [-0.25, -0.2) is 9.59 Å². The molecule has 0 aliphatic carbocycles. The van der Waals surface area contributed by atoms with Crippen LogP contribution in [0.2, 0.25) is 0 Å². The zero-order valence-corrected chi connectivity index (χ0v) is 28.4. The molecule has 260 valence electrons. The van der Waals surface area contributed by atoms with Crippen LogP contribution in [0.15, 0.2) is 84.9 Å². The average molecular weight is 679 g/mol. The van der Waals surface area contributed by atoms with Crippen LogP contribution in [-0.2, 0) is 61.5 Å². The van der Waals surface area contributed by atoms with Crippen molar-refractivity contribution in [1.82, 2.24) is 9.80 Å². The summed E-state index contributed by atoms with van der Waals surface area (Å²) in [6.07, 6.45) is 0.774. The summed E-state index contributed by atoms with van der Waals surface area (Å²) in [5.41, 5.74) is 7.28. The van der Waals surface area contributed by atoms with Crippen LogP contribution in [0.3, 0.4) is 0 Å². The first-order valence-corrected chi connectivity index (χ1v) is 16.6. The Bertz CT molecular complexity index is 1740. The van der Waals surface area contributed by atoms with E-state index in [0.717, 1.165) is 33.4 Å². The fraction of sp³-hybridized carbons (Fsp3) is 0.300. The number of hydrogen-bond acceptors (Lipinski definition) is 8. The Labute approximate surface area is 292 Å². The first-order valence-electron chi connectivity index (χ1n) is 16.6. The molecule has 0 fully saturated rings.